The Hall–Kier alpha value is -3.57. The number of ether oxygens (including phenoxy) is 1. The molecule has 3 rings (SSSR count). The van der Waals surface area contributed by atoms with Crippen molar-refractivity contribution in [3.05, 3.63) is 52.2 Å². The third-order valence-corrected chi connectivity index (χ3v) is 5.73. The molecule has 0 bridgehead atoms. The number of benzene rings is 1. The summed E-state index contributed by atoms with van der Waals surface area (Å²) in [6.07, 6.45) is -4.90. The van der Waals surface area contributed by atoms with Crippen LogP contribution in [0.4, 0.5) is 18.0 Å². The lowest BCUT2D eigenvalue weighted by molar-refractivity contribution is -0.621. The molecule has 172 valence electrons. The van der Waals surface area contributed by atoms with Gasteiger partial charge in [-0.3, -0.25) is 19.4 Å². The molecule has 2 aromatic rings. The zero-order chi connectivity index (χ0) is 24.1. The van der Waals surface area contributed by atoms with Crippen molar-refractivity contribution in [2.45, 2.75) is 26.1 Å². The van der Waals surface area contributed by atoms with Gasteiger partial charge in [0.15, 0.2) is 0 Å². The molecule has 1 unspecified atom stereocenters. The van der Waals surface area contributed by atoms with Crippen molar-refractivity contribution < 1.29 is 37.0 Å². The average molecular weight is 454 g/mol. The van der Waals surface area contributed by atoms with Crippen LogP contribution in [0.15, 0.2) is 24.3 Å². The van der Waals surface area contributed by atoms with Crippen molar-refractivity contribution in [2.75, 3.05) is 14.1 Å². The van der Waals surface area contributed by atoms with Gasteiger partial charge < -0.3 is 9.94 Å². The van der Waals surface area contributed by atoms with Crippen molar-refractivity contribution >= 4 is 17.8 Å². The fraction of sp³-hybridized carbons (Fsp3) is 0.400. The lowest BCUT2D eigenvalue weighted by atomic mass is 9.82. The molecule has 1 aromatic carbocycles. The van der Waals surface area contributed by atoms with E-state index in [1.807, 2.05) is 0 Å². The third-order valence-electron chi connectivity index (χ3n) is 5.73. The SMILES string of the molecule is Cc1c(C)[n+]([O-])c(C(c2ccc(OC(F)(F)F)cc2)C2C(=O)N(C)C(=O)N(C)C2=O)n1C. The fourth-order valence-corrected chi connectivity index (χ4v) is 3.79. The molecule has 0 aliphatic carbocycles. The summed E-state index contributed by atoms with van der Waals surface area (Å²) in [7, 11) is 4.01. The number of barbiturate groups is 1. The highest BCUT2D eigenvalue weighted by atomic mass is 19.4. The lowest BCUT2D eigenvalue weighted by Gasteiger charge is -2.35. The molecule has 1 aliphatic rings. The van der Waals surface area contributed by atoms with E-state index in [-0.39, 0.29) is 11.4 Å². The van der Waals surface area contributed by atoms with Crippen LogP contribution >= 0.6 is 0 Å². The van der Waals surface area contributed by atoms with Gasteiger partial charge in [0.1, 0.15) is 29.0 Å². The molecule has 1 aliphatic heterocycles. The smallest absolute Gasteiger partial charge is 0.573 e. The molecule has 1 fully saturated rings. The first kappa shape index (κ1) is 23.1. The van der Waals surface area contributed by atoms with Crippen LogP contribution in [0.3, 0.4) is 0 Å². The van der Waals surface area contributed by atoms with Gasteiger partial charge in [0, 0.05) is 27.9 Å². The Balaban J connectivity index is 2.20. The highest BCUT2D eigenvalue weighted by molar-refractivity contribution is 6.16. The molecule has 0 saturated carbocycles. The summed E-state index contributed by atoms with van der Waals surface area (Å²) in [6, 6.07) is 3.74. The van der Waals surface area contributed by atoms with E-state index in [0.717, 1.165) is 21.9 Å². The van der Waals surface area contributed by atoms with Crippen molar-refractivity contribution in [3.63, 3.8) is 0 Å². The minimum atomic E-state index is -4.90. The summed E-state index contributed by atoms with van der Waals surface area (Å²) >= 11 is 0. The number of amides is 4. The van der Waals surface area contributed by atoms with E-state index in [0.29, 0.717) is 16.1 Å². The number of rotatable bonds is 4. The Morgan fingerprint density at radius 3 is 1.91 bits per heavy atom. The van der Waals surface area contributed by atoms with Gasteiger partial charge in [-0.2, -0.15) is 0 Å². The average Bonchev–Trinajstić information content (AvgIpc) is 2.91. The van der Waals surface area contributed by atoms with E-state index in [1.165, 1.54) is 30.8 Å². The summed E-state index contributed by atoms with van der Waals surface area (Å²) in [5, 5.41) is 13.0. The van der Waals surface area contributed by atoms with E-state index in [1.54, 1.807) is 20.9 Å². The highest BCUT2D eigenvalue weighted by Crippen LogP contribution is 2.37. The maximum atomic E-state index is 13.0. The van der Waals surface area contributed by atoms with Gasteiger partial charge >= 0.3 is 12.4 Å². The minimum absolute atomic E-state index is 0.0346. The Morgan fingerprint density at radius 2 is 1.50 bits per heavy atom. The molecular weight excluding hydrogens is 433 g/mol. The van der Waals surface area contributed by atoms with E-state index in [9.17, 15) is 32.8 Å². The quantitative estimate of drug-likeness (QED) is 0.400. The molecule has 1 saturated heterocycles. The number of urea groups is 1. The summed E-state index contributed by atoms with van der Waals surface area (Å²) in [6.45, 7) is 3.24. The predicted octanol–water partition coefficient (Wildman–Crippen LogP) is 1.97. The number of imidazole rings is 1. The summed E-state index contributed by atoms with van der Waals surface area (Å²) < 4.78 is 43.6. The van der Waals surface area contributed by atoms with E-state index >= 15 is 0 Å². The number of aromatic nitrogens is 2. The Morgan fingerprint density at radius 1 is 1.00 bits per heavy atom. The number of alkyl halides is 3. The van der Waals surface area contributed by atoms with Crippen molar-refractivity contribution in [3.8, 4) is 5.75 Å². The Labute approximate surface area is 181 Å². The monoisotopic (exact) mass is 454 g/mol. The van der Waals surface area contributed by atoms with Gasteiger partial charge in [0.2, 0.25) is 11.8 Å². The number of imide groups is 2. The molecule has 1 atom stereocenters. The Bertz CT molecular complexity index is 1040. The fourth-order valence-electron chi connectivity index (χ4n) is 3.79. The second-order valence-corrected chi connectivity index (χ2v) is 7.53. The number of nitrogens with zero attached hydrogens (tertiary/aromatic N) is 4. The van der Waals surface area contributed by atoms with Crippen molar-refractivity contribution in [1.29, 1.82) is 0 Å². The molecule has 2 heterocycles. The van der Waals surface area contributed by atoms with Crippen LogP contribution in [0.2, 0.25) is 0 Å². The van der Waals surface area contributed by atoms with Crippen LogP contribution in [-0.4, -0.2) is 52.7 Å². The van der Waals surface area contributed by atoms with Crippen LogP contribution in [0.25, 0.3) is 0 Å². The molecule has 0 radical (unpaired) electrons. The van der Waals surface area contributed by atoms with Crippen LogP contribution in [0, 0.1) is 25.0 Å². The van der Waals surface area contributed by atoms with Crippen LogP contribution < -0.4 is 9.47 Å². The number of carbonyl (C=O) groups excluding carboxylic acids is 3. The number of hydrogen-bond donors (Lipinski definition) is 0. The van der Waals surface area contributed by atoms with Gasteiger partial charge in [0.05, 0.1) is 7.05 Å². The molecule has 4 amide bonds. The normalized spacial score (nSPS) is 16.7. The minimum Gasteiger partial charge on any atom is -0.711 e. The number of carbonyl (C=O) groups is 3. The molecule has 1 aromatic heterocycles. The highest BCUT2D eigenvalue weighted by Gasteiger charge is 2.51. The molecular formula is C20H21F3N4O5. The van der Waals surface area contributed by atoms with Gasteiger partial charge in [-0.15, -0.1) is 13.2 Å². The Kier molecular flexibility index (Phi) is 5.66. The van der Waals surface area contributed by atoms with Crippen LogP contribution in [-0.2, 0) is 16.6 Å². The third kappa shape index (κ3) is 3.76. The predicted molar refractivity (Wildman–Crippen MR) is 103 cm³/mol. The van der Waals surface area contributed by atoms with E-state index in [2.05, 4.69) is 4.74 Å². The summed E-state index contributed by atoms with van der Waals surface area (Å²) in [5.74, 6) is -4.77. The maximum absolute atomic E-state index is 13.0. The first-order chi connectivity index (χ1) is 14.8. The number of hydrogen-bond acceptors (Lipinski definition) is 5. The largest absolute Gasteiger partial charge is 0.711 e. The number of halogens is 3. The van der Waals surface area contributed by atoms with Crippen molar-refractivity contribution in [2.24, 2.45) is 13.0 Å². The first-order valence-electron chi connectivity index (χ1n) is 9.46. The van der Waals surface area contributed by atoms with Crippen molar-refractivity contribution in [1.82, 2.24) is 14.4 Å². The van der Waals surface area contributed by atoms with Crippen LogP contribution in [0.1, 0.15) is 28.7 Å². The summed E-state index contributed by atoms with van der Waals surface area (Å²) in [5.41, 5.74) is 1.14. The zero-order valence-corrected chi connectivity index (χ0v) is 17.9. The second kappa shape index (κ2) is 7.84. The maximum Gasteiger partial charge on any atom is 0.573 e. The van der Waals surface area contributed by atoms with Crippen LogP contribution in [0.5, 0.6) is 5.75 Å². The van der Waals surface area contributed by atoms with Gasteiger partial charge in [-0.1, -0.05) is 12.1 Å². The molecule has 0 N–H and O–H groups in total. The topological polar surface area (TPSA) is 98.8 Å². The molecule has 0 spiro atoms. The van der Waals surface area contributed by atoms with E-state index in [4.69, 9.17) is 0 Å². The molecule has 12 heteroatoms. The van der Waals surface area contributed by atoms with E-state index < -0.39 is 41.8 Å². The van der Waals surface area contributed by atoms with Gasteiger partial charge in [-0.05, 0) is 17.7 Å². The van der Waals surface area contributed by atoms with Gasteiger partial charge in [-0.25, -0.2) is 14.1 Å². The summed E-state index contributed by atoms with van der Waals surface area (Å²) in [4.78, 5) is 39.7. The lowest BCUT2D eigenvalue weighted by Crippen LogP contribution is -2.59. The standard InChI is InChI=1S/C20H21F3N4O5/c1-10-11(2)27(31)16(24(10)3)14(12-6-8-13(9-7-12)32-20(21,22)23)15-17(28)25(4)19(30)26(5)18(15)29/h6-9,14-15H,1-5H3. The second-order valence-electron chi connectivity index (χ2n) is 7.53. The zero-order valence-electron chi connectivity index (χ0n) is 17.9. The molecule has 32 heavy (non-hydrogen) atoms. The molecule has 9 nitrogen and oxygen atoms in total. The first-order valence-corrected chi connectivity index (χ1v) is 9.46. The van der Waals surface area contributed by atoms with Gasteiger partial charge in [0.25, 0.3) is 5.82 Å².